The van der Waals surface area contributed by atoms with Gasteiger partial charge in [-0.2, -0.15) is 0 Å². The monoisotopic (exact) mass is 431 g/mol. The summed E-state index contributed by atoms with van der Waals surface area (Å²) in [5.41, 5.74) is 1.88. The molecule has 0 spiro atoms. The van der Waals surface area contributed by atoms with Gasteiger partial charge in [0.05, 0.1) is 10.7 Å². The standard InChI is InChI=1S/C16H19ClFN5O2S2/c17-11-7-14(27(24,25)22-15-21-20-10-26-15)12(18)8-13(11)19-9-16-3-1-5-23(16)6-2-4-16/h7-8,10,19H,1-6,9H2,(H,21,22). The lowest BCUT2D eigenvalue weighted by molar-refractivity contribution is 0.209. The van der Waals surface area contributed by atoms with Gasteiger partial charge in [0.1, 0.15) is 16.2 Å². The van der Waals surface area contributed by atoms with Crippen LogP contribution in [0.15, 0.2) is 22.5 Å². The van der Waals surface area contributed by atoms with Crippen LogP contribution in [0.1, 0.15) is 25.7 Å². The molecule has 0 amide bonds. The van der Waals surface area contributed by atoms with Crippen LogP contribution in [0.2, 0.25) is 5.02 Å². The highest BCUT2D eigenvalue weighted by Gasteiger charge is 2.43. The predicted octanol–water partition coefficient (Wildman–Crippen LogP) is 3.17. The van der Waals surface area contributed by atoms with Gasteiger partial charge in [0.25, 0.3) is 10.0 Å². The molecule has 2 aromatic rings. The van der Waals surface area contributed by atoms with Gasteiger partial charge in [-0.15, -0.1) is 10.2 Å². The Balaban J connectivity index is 1.53. The molecule has 0 bridgehead atoms. The molecule has 0 atom stereocenters. The number of benzene rings is 1. The normalized spacial score (nSPS) is 19.2. The predicted molar refractivity (Wildman–Crippen MR) is 103 cm³/mol. The number of hydrogen-bond donors (Lipinski definition) is 2. The van der Waals surface area contributed by atoms with Crippen molar-refractivity contribution in [2.45, 2.75) is 36.1 Å². The number of anilines is 2. The maximum atomic E-state index is 14.6. The van der Waals surface area contributed by atoms with Crippen LogP contribution in [0.4, 0.5) is 15.2 Å². The fourth-order valence-corrected chi connectivity index (χ4v) is 6.11. The van der Waals surface area contributed by atoms with Crippen molar-refractivity contribution in [1.29, 1.82) is 0 Å². The largest absolute Gasteiger partial charge is 0.382 e. The molecule has 3 heterocycles. The molecular weight excluding hydrogens is 413 g/mol. The third kappa shape index (κ3) is 3.63. The third-order valence-electron chi connectivity index (χ3n) is 5.31. The minimum absolute atomic E-state index is 0.0642. The molecule has 4 rings (SSSR count). The zero-order chi connectivity index (χ0) is 19.1. The molecule has 0 aliphatic carbocycles. The number of hydrogen-bond acceptors (Lipinski definition) is 7. The van der Waals surface area contributed by atoms with Gasteiger partial charge >= 0.3 is 0 Å². The van der Waals surface area contributed by atoms with Crippen molar-refractivity contribution in [3.8, 4) is 0 Å². The quantitative estimate of drug-likeness (QED) is 0.730. The van der Waals surface area contributed by atoms with E-state index in [4.69, 9.17) is 11.6 Å². The van der Waals surface area contributed by atoms with Crippen LogP contribution in [0.5, 0.6) is 0 Å². The number of rotatable bonds is 6. The molecule has 2 N–H and O–H groups in total. The van der Waals surface area contributed by atoms with E-state index in [0.29, 0.717) is 12.2 Å². The van der Waals surface area contributed by atoms with Gasteiger partial charge in [0.2, 0.25) is 5.13 Å². The van der Waals surface area contributed by atoms with E-state index in [1.54, 1.807) is 0 Å². The van der Waals surface area contributed by atoms with Crippen LogP contribution in [-0.4, -0.2) is 48.7 Å². The summed E-state index contributed by atoms with van der Waals surface area (Å²) in [5, 5.41) is 10.6. The summed E-state index contributed by atoms with van der Waals surface area (Å²) in [6, 6.07) is 2.27. The molecule has 2 fully saturated rings. The van der Waals surface area contributed by atoms with Crippen molar-refractivity contribution in [2.75, 3.05) is 29.7 Å². The van der Waals surface area contributed by atoms with Crippen LogP contribution in [-0.2, 0) is 10.0 Å². The van der Waals surface area contributed by atoms with Crippen molar-refractivity contribution < 1.29 is 12.8 Å². The van der Waals surface area contributed by atoms with E-state index in [-0.39, 0.29) is 15.7 Å². The number of sulfonamides is 1. The van der Waals surface area contributed by atoms with Gasteiger partial charge in [0.15, 0.2) is 0 Å². The second kappa shape index (κ2) is 7.16. The highest BCUT2D eigenvalue weighted by atomic mass is 35.5. The van der Waals surface area contributed by atoms with Crippen molar-refractivity contribution in [3.05, 3.63) is 28.5 Å². The number of aromatic nitrogens is 2. The molecule has 0 unspecified atom stereocenters. The Labute approximate surface area is 166 Å². The number of nitrogens with zero attached hydrogens (tertiary/aromatic N) is 3. The van der Waals surface area contributed by atoms with E-state index < -0.39 is 20.7 Å². The zero-order valence-corrected chi connectivity index (χ0v) is 16.8. The second-order valence-electron chi connectivity index (χ2n) is 6.88. The molecule has 0 radical (unpaired) electrons. The van der Waals surface area contributed by atoms with Gasteiger partial charge in [-0.1, -0.05) is 22.9 Å². The van der Waals surface area contributed by atoms with Gasteiger partial charge in [-0.25, -0.2) is 12.8 Å². The summed E-state index contributed by atoms with van der Waals surface area (Å²) < 4.78 is 41.6. The van der Waals surface area contributed by atoms with E-state index >= 15 is 0 Å². The molecule has 2 saturated heterocycles. The lowest BCUT2D eigenvalue weighted by Gasteiger charge is -2.32. The maximum Gasteiger partial charge on any atom is 0.266 e. The van der Waals surface area contributed by atoms with E-state index in [2.05, 4.69) is 25.1 Å². The smallest absolute Gasteiger partial charge is 0.266 e. The van der Waals surface area contributed by atoms with Gasteiger partial charge < -0.3 is 5.32 Å². The van der Waals surface area contributed by atoms with Crippen LogP contribution < -0.4 is 10.0 Å². The van der Waals surface area contributed by atoms with Gasteiger partial charge in [-0.3, -0.25) is 9.62 Å². The van der Waals surface area contributed by atoms with E-state index in [1.165, 1.54) is 5.51 Å². The minimum atomic E-state index is -4.14. The number of nitrogens with one attached hydrogen (secondary N) is 2. The molecule has 146 valence electrons. The van der Waals surface area contributed by atoms with E-state index in [0.717, 1.165) is 62.2 Å². The SMILES string of the molecule is O=S(=O)(Nc1nncs1)c1cc(Cl)c(NCC23CCCN2CCC3)cc1F. The zero-order valence-electron chi connectivity index (χ0n) is 14.4. The first kappa shape index (κ1) is 18.9. The molecule has 1 aromatic heterocycles. The summed E-state index contributed by atoms with van der Waals surface area (Å²) in [4.78, 5) is 1.96. The Morgan fingerprint density at radius 3 is 2.70 bits per heavy atom. The molecule has 0 saturated carbocycles. The fourth-order valence-electron chi connectivity index (χ4n) is 4.03. The van der Waals surface area contributed by atoms with Crippen LogP contribution in [0, 0.1) is 5.82 Å². The first-order valence-corrected chi connectivity index (χ1v) is 11.4. The molecule has 2 aliphatic heterocycles. The number of halogens is 2. The Bertz CT molecular complexity index is 929. The lowest BCUT2D eigenvalue weighted by atomic mass is 9.94. The second-order valence-corrected chi connectivity index (χ2v) is 9.78. The highest BCUT2D eigenvalue weighted by molar-refractivity contribution is 7.93. The van der Waals surface area contributed by atoms with Crippen molar-refractivity contribution in [3.63, 3.8) is 0 Å². The van der Waals surface area contributed by atoms with Crippen molar-refractivity contribution in [1.82, 2.24) is 15.1 Å². The Morgan fingerprint density at radius 1 is 1.30 bits per heavy atom. The van der Waals surface area contributed by atoms with Crippen molar-refractivity contribution >= 4 is 43.8 Å². The van der Waals surface area contributed by atoms with Crippen molar-refractivity contribution in [2.24, 2.45) is 0 Å². The van der Waals surface area contributed by atoms with Crippen LogP contribution in [0.25, 0.3) is 0 Å². The maximum absolute atomic E-state index is 14.6. The van der Waals surface area contributed by atoms with Crippen LogP contribution in [0.3, 0.4) is 0 Å². The summed E-state index contributed by atoms with van der Waals surface area (Å²) in [7, 11) is -4.14. The van der Waals surface area contributed by atoms with E-state index in [9.17, 15) is 12.8 Å². The highest BCUT2D eigenvalue weighted by Crippen LogP contribution is 2.39. The molecule has 2 aliphatic rings. The Hall–Kier alpha value is -1.49. The lowest BCUT2D eigenvalue weighted by Crippen LogP contribution is -2.44. The van der Waals surface area contributed by atoms with Gasteiger partial charge in [-0.05, 0) is 50.9 Å². The summed E-state index contributed by atoms with van der Waals surface area (Å²) in [6.07, 6.45) is 4.55. The molecule has 27 heavy (non-hydrogen) atoms. The summed E-state index contributed by atoms with van der Waals surface area (Å²) in [6.45, 7) is 2.86. The number of fused-ring (bicyclic) bond motifs is 1. The molecular formula is C16H19ClFN5O2S2. The molecule has 1 aromatic carbocycles. The average molecular weight is 432 g/mol. The molecule has 7 nitrogen and oxygen atoms in total. The van der Waals surface area contributed by atoms with E-state index in [1.807, 2.05) is 0 Å². The van der Waals surface area contributed by atoms with Crippen LogP contribution >= 0.6 is 22.9 Å². The topological polar surface area (TPSA) is 87.2 Å². The fraction of sp³-hybridized carbons (Fsp3) is 0.500. The summed E-state index contributed by atoms with van der Waals surface area (Å²) >= 11 is 7.26. The molecule has 11 heteroatoms. The third-order valence-corrected chi connectivity index (χ3v) is 7.71. The Kier molecular flexibility index (Phi) is 5.00. The average Bonchev–Trinajstić information content (AvgIpc) is 3.31. The Morgan fingerprint density at radius 2 is 2.04 bits per heavy atom. The first-order valence-electron chi connectivity index (χ1n) is 8.67. The van der Waals surface area contributed by atoms with Gasteiger partial charge in [0, 0.05) is 12.1 Å². The summed E-state index contributed by atoms with van der Waals surface area (Å²) in [5.74, 6) is -0.869. The minimum Gasteiger partial charge on any atom is -0.382 e. The first-order chi connectivity index (χ1) is 12.9.